The Hall–Kier alpha value is -3.60. The topological polar surface area (TPSA) is 266 Å². The Balaban J connectivity index is 1.89. The minimum Gasteiger partial charge on any atom is -0.544 e. The molecule has 0 aliphatic carbocycles. The lowest BCUT2D eigenvalue weighted by Gasteiger charge is -2.43. The Morgan fingerprint density at radius 3 is 1.42 bits per heavy atom. The molecule has 4 heterocycles. The van der Waals surface area contributed by atoms with Gasteiger partial charge in [0.15, 0.2) is 41.6 Å². The predicted molar refractivity (Wildman–Crippen MR) is 415 cm³/mol. The number of benzene rings is 1. The van der Waals surface area contributed by atoms with E-state index < -0.39 is 183 Å². The first-order chi connectivity index (χ1) is 45.0. The minimum atomic E-state index is -2.97. The molecule has 2 unspecified atom stereocenters. The quantitative estimate of drug-likeness (QED) is 0.0555. The Bertz CT molecular complexity index is 3060. The van der Waals surface area contributed by atoms with E-state index in [4.69, 9.17) is 31.2 Å². The van der Waals surface area contributed by atoms with Gasteiger partial charge in [-0.25, -0.2) is 0 Å². The van der Waals surface area contributed by atoms with Crippen LogP contribution < -0.4 is 36.2 Å². The van der Waals surface area contributed by atoms with Gasteiger partial charge in [0.25, 0.3) is 0 Å². The molecule has 1 aromatic carbocycles. The van der Waals surface area contributed by atoms with E-state index in [1.807, 2.05) is 31.2 Å². The number of hydrogen-bond acceptors (Lipinski definition) is 15. The van der Waals surface area contributed by atoms with Crippen molar-refractivity contribution in [1.82, 2.24) is 41.6 Å². The Morgan fingerprint density at radius 1 is 0.530 bits per heavy atom. The molecule has 6 N–H and O–H groups in total. The summed E-state index contributed by atoms with van der Waals surface area (Å²) in [5.41, 5.74) is 0.769. The predicted octanol–water partition coefficient (Wildman–Crippen LogP) is 10.8. The van der Waals surface area contributed by atoms with Gasteiger partial charge in [0.05, 0.1) is 49.6 Å². The van der Waals surface area contributed by atoms with Crippen molar-refractivity contribution in [2.75, 3.05) is 32.7 Å². The average Bonchev–Trinajstić information content (AvgIpc) is 1.58. The minimum absolute atomic E-state index is 0.0163. The summed E-state index contributed by atoms with van der Waals surface area (Å²) >= 11 is 0. The van der Waals surface area contributed by atoms with E-state index in [1.165, 1.54) is 9.80 Å². The molecular weight excluding hydrogens is 1370 g/mol. The van der Waals surface area contributed by atoms with Crippen LogP contribution in [0.1, 0.15) is 157 Å². The van der Waals surface area contributed by atoms with Crippen LogP contribution in [0.15, 0.2) is 24.3 Å². The fourth-order valence-electron chi connectivity index (χ4n) is 11.1. The van der Waals surface area contributed by atoms with E-state index in [0.29, 0.717) is 5.75 Å². The van der Waals surface area contributed by atoms with Crippen LogP contribution in [0.4, 0.5) is 0 Å². The Kier molecular flexibility index (Phi) is 27.4. The molecule has 570 valence electrons. The molecule has 0 radical (unpaired) electrons. The zero-order valence-electron chi connectivity index (χ0n) is 67.9. The number of carbonyl (C=O) groups is 7. The first kappa shape index (κ1) is 87.0. The maximum absolute atomic E-state index is 16.7. The molecule has 0 aromatic heterocycles. The highest BCUT2D eigenvalue weighted by molar-refractivity contribution is 6.76. The van der Waals surface area contributed by atoms with Crippen LogP contribution in [-0.2, 0) is 66.8 Å². The molecule has 0 saturated carbocycles. The molecule has 4 aliphatic rings. The van der Waals surface area contributed by atoms with Crippen molar-refractivity contribution in [3.8, 4) is 5.75 Å². The molecule has 4 fully saturated rings. The van der Waals surface area contributed by atoms with Gasteiger partial charge < -0.3 is 72.8 Å². The highest BCUT2D eigenvalue weighted by atomic mass is 28.4. The lowest BCUT2D eigenvalue weighted by atomic mass is 9.94. The first-order valence-electron chi connectivity index (χ1n) is 36.6. The van der Waals surface area contributed by atoms with Crippen LogP contribution >= 0.6 is 0 Å². The van der Waals surface area contributed by atoms with E-state index in [9.17, 15) is 4.79 Å². The summed E-state index contributed by atoms with van der Waals surface area (Å²) in [6, 6.07) is -0.504. The summed E-state index contributed by atoms with van der Waals surface area (Å²) in [7, 11) is -16.7. The van der Waals surface area contributed by atoms with Gasteiger partial charge >= 0.3 is 7.05 Å². The van der Waals surface area contributed by atoms with Crippen LogP contribution in [0.2, 0.25) is 109 Å². The maximum Gasteiger partial charge on any atom is 0.405 e. The lowest BCUT2D eigenvalue weighted by Crippen LogP contribution is -2.66. The fraction of sp³-hybridized carbons (Fsp3) is 0.817. The summed E-state index contributed by atoms with van der Waals surface area (Å²) in [5.74, 6) is -4.43. The largest absolute Gasteiger partial charge is 0.544 e. The van der Waals surface area contributed by atoms with Crippen LogP contribution in [0.5, 0.6) is 5.75 Å². The molecule has 4 saturated heterocycles. The first-order valence-corrected chi connectivity index (χ1v) is 54.0. The lowest BCUT2D eigenvalue weighted by molar-refractivity contribution is -0.146. The third-order valence-electron chi connectivity index (χ3n) is 23.9. The van der Waals surface area contributed by atoms with Crippen molar-refractivity contribution in [2.24, 2.45) is 5.92 Å². The highest BCUT2D eigenvalue weighted by Crippen LogP contribution is 2.45. The van der Waals surface area contributed by atoms with Crippen molar-refractivity contribution < 1.29 is 64.8 Å². The average molecular weight is 1500 g/mol. The van der Waals surface area contributed by atoms with Gasteiger partial charge in [0, 0.05) is 32.0 Å². The SMILES string of the molecule is CC(O[Si](C)(C)C(C)(C)C)[C@@H]1NC(=O)[C@H]([C@@H](Cc2ccc(O[Si](C)(C)C(C)(C)C)cc2)O[Si](C)(C)C(C)(C)C)NC(=O)[C@@H]2C[C@@H](O[Si](C)(C)C(C)(C)C)CN2C(=O)[C@H](C(C)O[Si](C)(C)C(C)(C)C)NC(=O)[C@H](NB2CO2)CNC(=O)CNC(=O)[C@@H]2[C@@H](O[Si](C)(C)C(C)(C)C)[C@@H](C)CN2C1=O. The molecule has 4 aliphatic heterocycles. The Labute approximate surface area is 609 Å². The zero-order chi connectivity index (χ0) is 76.8. The third kappa shape index (κ3) is 21.6. The van der Waals surface area contributed by atoms with Crippen molar-refractivity contribution in [1.29, 1.82) is 0 Å². The van der Waals surface area contributed by atoms with Crippen molar-refractivity contribution >= 4 is 98.3 Å². The van der Waals surface area contributed by atoms with E-state index in [-0.39, 0.29) is 64.2 Å². The fourth-order valence-corrected chi connectivity index (χ4v) is 19.1. The summed E-state index contributed by atoms with van der Waals surface area (Å²) in [6.07, 6.45) is -4.54. The number of nitrogens with one attached hydrogen (secondary N) is 6. The molecule has 29 heteroatoms. The second-order valence-corrected chi connectivity index (χ2v) is 66.8. The van der Waals surface area contributed by atoms with Gasteiger partial charge in [-0.15, -0.1) is 0 Å². The maximum atomic E-state index is 16.7. The molecular formula is C71H135BN8O14Si6. The van der Waals surface area contributed by atoms with Gasteiger partial charge in [-0.05, 0) is 147 Å². The monoisotopic (exact) mass is 1500 g/mol. The number of carbonyl (C=O) groups excluding carboxylic acids is 7. The molecule has 0 spiro atoms. The summed E-state index contributed by atoms with van der Waals surface area (Å²) in [5, 5.41) is 16.5. The number of nitrogens with zero attached hydrogens (tertiary/aromatic N) is 2. The van der Waals surface area contributed by atoms with Gasteiger partial charge in [-0.2, -0.15) is 0 Å². The molecule has 7 amide bonds. The van der Waals surface area contributed by atoms with Crippen molar-refractivity contribution in [3.05, 3.63) is 29.8 Å². The second kappa shape index (κ2) is 31.5. The second-order valence-electron chi connectivity index (χ2n) is 38.3. The highest BCUT2D eigenvalue weighted by Gasteiger charge is 2.56. The van der Waals surface area contributed by atoms with Crippen molar-refractivity contribution in [3.63, 3.8) is 0 Å². The number of amides is 7. The summed E-state index contributed by atoms with van der Waals surface area (Å²) in [6.45, 7) is 68.0. The number of rotatable bonds is 19. The van der Waals surface area contributed by atoms with Gasteiger partial charge in [0.2, 0.25) is 49.7 Å². The summed E-state index contributed by atoms with van der Waals surface area (Å²) < 4.78 is 48.4. The van der Waals surface area contributed by atoms with Crippen LogP contribution in [0.3, 0.4) is 0 Å². The smallest absolute Gasteiger partial charge is 0.405 e. The van der Waals surface area contributed by atoms with Crippen molar-refractivity contribution in [2.45, 2.75) is 334 Å². The standard InChI is InChI=1S/C71H135BN8O14Si6/c1-45-42-80-58(59(45)94-100(32,33)71(19,20)21)63(85)74-41-54(81)73-40-51(78-72-44-88-72)60(82)75-55(46(2)89-95(22,23)66(4,5)6)64(86)79-43-50(92-98(28,29)69(13,14)15)39-52(79)61(83)77-57(62(84)76-56(65(80)87)47(3)90-96(24,25)67(7,8)9)53(93-99(30,31)70(16,17)18)38-48-34-36-49(37-35-48)91-97(26,27)68(10,11)12/h34-37,45-47,50-53,55-59,78H,38-44H2,1-33H3,(H,73,81)(H,74,85)(H,75,82)(H,76,84)(H,77,83)/t45-,46?,47?,50+,51+,52-,53+,55-,56-,57-,58-,59-/m0/s1. The number of fused-ring (bicyclic) bond motifs is 2. The molecule has 12 atom stereocenters. The van der Waals surface area contributed by atoms with Gasteiger partial charge in [-0.3, -0.25) is 33.6 Å². The Morgan fingerprint density at radius 2 is 0.960 bits per heavy atom. The van der Waals surface area contributed by atoms with E-state index in [1.54, 1.807) is 13.8 Å². The third-order valence-corrected chi connectivity index (χ3v) is 51.0. The van der Waals surface area contributed by atoms with Crippen LogP contribution in [-0.4, -0.2) is 208 Å². The zero-order valence-corrected chi connectivity index (χ0v) is 73.9. The van der Waals surface area contributed by atoms with Gasteiger partial charge in [-0.1, -0.05) is 144 Å². The van der Waals surface area contributed by atoms with Crippen LogP contribution in [0, 0.1) is 5.92 Å². The normalized spacial score (nSPS) is 25.9. The van der Waals surface area contributed by atoms with E-state index in [0.717, 1.165) is 5.56 Å². The molecule has 22 nitrogen and oxygen atoms in total. The van der Waals surface area contributed by atoms with E-state index >= 15 is 28.8 Å². The molecule has 0 bridgehead atoms. The molecule has 5 rings (SSSR count). The van der Waals surface area contributed by atoms with Gasteiger partial charge in [0.1, 0.15) is 36.0 Å². The number of hydrogen-bond donors (Lipinski definition) is 6. The van der Waals surface area contributed by atoms with Crippen LogP contribution in [0.25, 0.3) is 0 Å². The molecule has 1 aromatic rings. The summed E-state index contributed by atoms with van der Waals surface area (Å²) in [4.78, 5) is 114. The van der Waals surface area contributed by atoms with E-state index in [2.05, 4.69) is 235 Å². The molecule has 100 heavy (non-hydrogen) atoms.